The average Bonchev–Trinajstić information content (AvgIpc) is 2.43. The zero-order valence-electron chi connectivity index (χ0n) is 9.90. The second-order valence-corrected chi connectivity index (χ2v) is 5.99. The average molecular weight is 425 g/mol. The summed E-state index contributed by atoms with van der Waals surface area (Å²) in [5, 5.41) is 9.37. The molecule has 2 N–H and O–H groups in total. The summed E-state index contributed by atoms with van der Waals surface area (Å²) in [5.74, 6) is 0. The van der Waals surface area contributed by atoms with E-state index >= 15 is 0 Å². The molecule has 0 radical (unpaired) electrons. The van der Waals surface area contributed by atoms with E-state index in [0.29, 0.717) is 11.3 Å². The van der Waals surface area contributed by atoms with E-state index in [0.717, 1.165) is 19.2 Å². The summed E-state index contributed by atoms with van der Waals surface area (Å²) in [7, 11) is 0. The van der Waals surface area contributed by atoms with E-state index in [1.807, 2.05) is 48.5 Å². The molecule has 0 fully saturated rings. The van der Waals surface area contributed by atoms with Gasteiger partial charge in [0, 0.05) is 13.6 Å². The van der Waals surface area contributed by atoms with Gasteiger partial charge in [-0.15, -0.1) is 0 Å². The maximum Gasteiger partial charge on any atom is 0.102 e. The van der Waals surface area contributed by atoms with Crippen LogP contribution in [0.3, 0.4) is 0 Å². The molecule has 0 amide bonds. The largest absolute Gasteiger partial charge is 0.397 e. The Hall–Kier alpha value is -1.32. The quantitative estimate of drug-likeness (QED) is 0.441. The van der Waals surface area contributed by atoms with Gasteiger partial charge in [0.2, 0.25) is 0 Å². The van der Waals surface area contributed by atoms with Crippen LogP contribution in [0.4, 0.5) is 0 Å². The molecular formula is C15H10BrIN2. The van der Waals surface area contributed by atoms with Gasteiger partial charge in [-0.3, -0.25) is 0 Å². The lowest BCUT2D eigenvalue weighted by molar-refractivity contribution is 1.45. The first-order valence-electron chi connectivity index (χ1n) is 5.54. The summed E-state index contributed by atoms with van der Waals surface area (Å²) in [6.07, 6.45) is 0. The third-order valence-electron chi connectivity index (χ3n) is 2.66. The zero-order chi connectivity index (χ0) is 13.8. The minimum Gasteiger partial charge on any atom is -0.397 e. The fourth-order valence-corrected chi connectivity index (χ4v) is 2.68. The normalized spacial score (nSPS) is 11.6. The molecule has 2 aromatic rings. The van der Waals surface area contributed by atoms with Crippen LogP contribution in [-0.2, 0) is 0 Å². The van der Waals surface area contributed by atoms with Gasteiger partial charge in [-0.1, -0.05) is 46.3 Å². The fraction of sp³-hybridized carbons (Fsp3) is 0. The molecule has 94 valence electrons. The Morgan fingerprint density at radius 1 is 1.16 bits per heavy atom. The van der Waals surface area contributed by atoms with Gasteiger partial charge in [0.15, 0.2) is 0 Å². The highest BCUT2D eigenvalue weighted by Crippen LogP contribution is 2.28. The Bertz CT molecular complexity index is 672. The van der Waals surface area contributed by atoms with Crippen LogP contribution >= 0.6 is 38.5 Å². The van der Waals surface area contributed by atoms with E-state index in [2.05, 4.69) is 44.6 Å². The van der Waals surface area contributed by atoms with Crippen molar-refractivity contribution in [1.82, 2.24) is 0 Å². The van der Waals surface area contributed by atoms with Gasteiger partial charge in [0.1, 0.15) is 6.07 Å². The van der Waals surface area contributed by atoms with E-state index in [1.165, 1.54) is 0 Å². The first kappa shape index (κ1) is 14.1. The van der Waals surface area contributed by atoms with Gasteiger partial charge < -0.3 is 5.73 Å². The van der Waals surface area contributed by atoms with Gasteiger partial charge in [-0.05, 0) is 46.4 Å². The smallest absolute Gasteiger partial charge is 0.102 e. The molecule has 2 aromatic carbocycles. The second kappa shape index (κ2) is 6.22. The van der Waals surface area contributed by atoms with Gasteiger partial charge in [0.05, 0.1) is 11.3 Å². The highest BCUT2D eigenvalue weighted by atomic mass is 127. The van der Waals surface area contributed by atoms with Crippen molar-refractivity contribution in [3.63, 3.8) is 0 Å². The summed E-state index contributed by atoms with van der Waals surface area (Å²) >= 11 is 5.70. The van der Waals surface area contributed by atoms with Crippen molar-refractivity contribution in [3.8, 4) is 6.07 Å². The van der Waals surface area contributed by atoms with Crippen molar-refractivity contribution in [1.29, 1.82) is 5.26 Å². The van der Waals surface area contributed by atoms with Crippen LogP contribution < -0.4 is 5.73 Å². The number of benzene rings is 2. The molecule has 0 unspecified atom stereocenters. The molecule has 0 saturated carbocycles. The number of nitrogens with two attached hydrogens (primary N) is 1. The number of nitriles is 1. The molecule has 0 saturated heterocycles. The van der Waals surface area contributed by atoms with Gasteiger partial charge in [-0.2, -0.15) is 5.26 Å². The van der Waals surface area contributed by atoms with Crippen LogP contribution in [-0.4, -0.2) is 0 Å². The Morgan fingerprint density at radius 2 is 1.84 bits per heavy atom. The fourth-order valence-electron chi connectivity index (χ4n) is 1.72. The number of halogens is 2. The summed E-state index contributed by atoms with van der Waals surface area (Å²) in [6, 6.07) is 17.5. The molecule has 0 aliphatic carbocycles. The molecule has 19 heavy (non-hydrogen) atoms. The number of rotatable bonds is 2. The first-order valence-corrected chi connectivity index (χ1v) is 7.41. The molecule has 0 heterocycles. The molecule has 2 nitrogen and oxygen atoms in total. The van der Waals surface area contributed by atoms with Gasteiger partial charge in [-0.25, -0.2) is 0 Å². The lowest BCUT2D eigenvalue weighted by Crippen LogP contribution is -2.02. The van der Waals surface area contributed by atoms with Crippen molar-refractivity contribution in [2.24, 2.45) is 5.73 Å². The van der Waals surface area contributed by atoms with Crippen LogP contribution in [0.2, 0.25) is 0 Å². The zero-order valence-corrected chi connectivity index (χ0v) is 13.6. The SMILES string of the molecule is N#C/C(=C(/N)c1cc(I)ccc1Br)c1ccccc1. The Morgan fingerprint density at radius 3 is 2.47 bits per heavy atom. The second-order valence-electron chi connectivity index (χ2n) is 3.89. The van der Waals surface area contributed by atoms with E-state index in [1.54, 1.807) is 0 Å². The molecular weight excluding hydrogens is 415 g/mol. The van der Waals surface area contributed by atoms with Crippen molar-refractivity contribution in [2.75, 3.05) is 0 Å². The molecule has 0 spiro atoms. The van der Waals surface area contributed by atoms with E-state index in [4.69, 9.17) is 5.73 Å². The van der Waals surface area contributed by atoms with Crippen molar-refractivity contribution >= 4 is 49.8 Å². The monoisotopic (exact) mass is 424 g/mol. The van der Waals surface area contributed by atoms with Crippen LogP contribution in [0.25, 0.3) is 11.3 Å². The molecule has 4 heteroatoms. The van der Waals surface area contributed by atoms with E-state index < -0.39 is 0 Å². The third-order valence-corrected chi connectivity index (χ3v) is 4.02. The summed E-state index contributed by atoms with van der Waals surface area (Å²) in [4.78, 5) is 0. The molecule has 2 rings (SSSR count). The van der Waals surface area contributed by atoms with Crippen LogP contribution in [0.5, 0.6) is 0 Å². The molecule has 0 aliphatic rings. The number of hydrogen-bond acceptors (Lipinski definition) is 2. The predicted molar refractivity (Wildman–Crippen MR) is 89.9 cm³/mol. The van der Waals surface area contributed by atoms with Crippen LogP contribution in [0.15, 0.2) is 53.0 Å². The van der Waals surface area contributed by atoms with Crippen molar-refractivity contribution in [2.45, 2.75) is 0 Å². The first-order chi connectivity index (χ1) is 9.13. The number of nitrogens with zero attached hydrogens (tertiary/aromatic N) is 1. The third kappa shape index (κ3) is 3.17. The maximum atomic E-state index is 9.37. The lowest BCUT2D eigenvalue weighted by Gasteiger charge is -2.09. The Labute approximate surface area is 134 Å². The predicted octanol–water partition coefficient (Wildman–Crippen LogP) is 4.40. The summed E-state index contributed by atoms with van der Waals surface area (Å²) < 4.78 is 1.96. The summed E-state index contributed by atoms with van der Waals surface area (Å²) in [5.41, 5.74) is 8.82. The standard InChI is InChI=1S/C15H10BrIN2/c16-14-7-6-11(17)8-12(14)15(19)13(9-18)10-4-2-1-3-5-10/h1-8H,19H2/b15-13-. The van der Waals surface area contributed by atoms with Crippen molar-refractivity contribution < 1.29 is 0 Å². The highest BCUT2D eigenvalue weighted by molar-refractivity contribution is 14.1. The van der Waals surface area contributed by atoms with Crippen molar-refractivity contribution in [3.05, 3.63) is 67.7 Å². The molecule has 0 aliphatic heterocycles. The van der Waals surface area contributed by atoms with E-state index in [9.17, 15) is 5.26 Å². The number of hydrogen-bond donors (Lipinski definition) is 1. The topological polar surface area (TPSA) is 49.8 Å². The summed E-state index contributed by atoms with van der Waals surface area (Å²) in [6.45, 7) is 0. The Balaban J connectivity index is 2.62. The molecule has 0 aromatic heterocycles. The minimum atomic E-state index is 0.485. The molecule has 0 atom stereocenters. The van der Waals surface area contributed by atoms with Gasteiger partial charge in [0.25, 0.3) is 0 Å². The minimum absolute atomic E-state index is 0.485. The van der Waals surface area contributed by atoms with E-state index in [-0.39, 0.29) is 0 Å². The molecule has 0 bridgehead atoms. The Kier molecular flexibility index (Phi) is 4.61. The lowest BCUT2D eigenvalue weighted by atomic mass is 10.0. The number of allylic oxidation sites excluding steroid dienone is 1. The maximum absolute atomic E-state index is 9.37. The van der Waals surface area contributed by atoms with Crippen LogP contribution in [0, 0.1) is 14.9 Å². The van der Waals surface area contributed by atoms with Gasteiger partial charge >= 0.3 is 0 Å². The highest BCUT2D eigenvalue weighted by Gasteiger charge is 2.11. The van der Waals surface area contributed by atoms with Crippen LogP contribution in [0.1, 0.15) is 11.1 Å².